The molecule has 0 unspecified atom stereocenters. The Morgan fingerprint density at radius 2 is 2.25 bits per heavy atom. The maximum absolute atomic E-state index is 4.33. The van der Waals surface area contributed by atoms with Crippen molar-refractivity contribution in [2.24, 2.45) is 0 Å². The van der Waals surface area contributed by atoms with Crippen molar-refractivity contribution in [3.8, 4) is 0 Å². The van der Waals surface area contributed by atoms with Gasteiger partial charge in [0.25, 0.3) is 0 Å². The van der Waals surface area contributed by atoms with Crippen molar-refractivity contribution >= 4 is 11.8 Å². The van der Waals surface area contributed by atoms with Crippen molar-refractivity contribution in [1.82, 2.24) is 15.2 Å². The Bertz CT molecular complexity index is 346. The summed E-state index contributed by atoms with van der Waals surface area (Å²) in [7, 11) is 0. The van der Waals surface area contributed by atoms with Crippen molar-refractivity contribution < 1.29 is 0 Å². The fourth-order valence-corrected chi connectivity index (χ4v) is 1.89. The van der Waals surface area contributed by atoms with Gasteiger partial charge in [0, 0.05) is 12.6 Å². The number of hydrogen-bond donors (Lipinski definition) is 2. The summed E-state index contributed by atoms with van der Waals surface area (Å²) in [6.45, 7) is 4.27. The highest BCUT2D eigenvalue weighted by molar-refractivity contribution is 5.38. The Morgan fingerprint density at radius 1 is 1.44 bits per heavy atom. The van der Waals surface area contributed by atoms with Gasteiger partial charge in [-0.05, 0) is 12.8 Å². The summed E-state index contributed by atoms with van der Waals surface area (Å²) >= 11 is 0. The minimum absolute atomic E-state index is 0.544. The van der Waals surface area contributed by atoms with E-state index in [1.807, 2.05) is 0 Å². The molecule has 0 bridgehead atoms. The van der Waals surface area contributed by atoms with E-state index in [0.29, 0.717) is 18.5 Å². The number of rotatable bonds is 5. The summed E-state index contributed by atoms with van der Waals surface area (Å²) < 4.78 is 0. The van der Waals surface area contributed by atoms with Crippen LogP contribution < -0.4 is 10.6 Å². The van der Waals surface area contributed by atoms with E-state index in [2.05, 4.69) is 32.4 Å². The van der Waals surface area contributed by atoms with E-state index in [1.165, 1.54) is 25.7 Å². The molecule has 1 fully saturated rings. The van der Waals surface area contributed by atoms with Crippen LogP contribution >= 0.6 is 0 Å². The van der Waals surface area contributed by atoms with Crippen molar-refractivity contribution in [2.45, 2.75) is 31.7 Å². The monoisotopic (exact) mass is 219 g/mol. The molecule has 1 aliphatic rings. The molecular formula is C11H17N5. The van der Waals surface area contributed by atoms with Gasteiger partial charge in [-0.25, -0.2) is 0 Å². The van der Waals surface area contributed by atoms with Gasteiger partial charge >= 0.3 is 0 Å². The van der Waals surface area contributed by atoms with Gasteiger partial charge in [0.1, 0.15) is 0 Å². The second kappa shape index (κ2) is 5.44. The molecule has 5 heteroatoms. The molecule has 0 aliphatic heterocycles. The topological polar surface area (TPSA) is 62.7 Å². The molecule has 5 nitrogen and oxygen atoms in total. The van der Waals surface area contributed by atoms with E-state index < -0.39 is 0 Å². The molecule has 1 heterocycles. The van der Waals surface area contributed by atoms with E-state index in [9.17, 15) is 0 Å². The zero-order valence-corrected chi connectivity index (χ0v) is 9.32. The fourth-order valence-electron chi connectivity index (χ4n) is 1.89. The highest BCUT2D eigenvalue weighted by Gasteiger charge is 2.15. The minimum Gasteiger partial charge on any atom is -0.366 e. The standard InChI is InChI=1S/C11H17N5/c1-2-7-12-11-15-10(8-13-16-11)14-9-5-3-4-6-9/h2,8-9H,1,3-7H2,(H2,12,14,15,16). The van der Waals surface area contributed by atoms with Crippen LogP contribution in [0.5, 0.6) is 0 Å². The molecule has 0 atom stereocenters. The summed E-state index contributed by atoms with van der Waals surface area (Å²) in [6.07, 6.45) is 8.48. The summed E-state index contributed by atoms with van der Waals surface area (Å²) in [4.78, 5) is 4.33. The van der Waals surface area contributed by atoms with Gasteiger partial charge in [0.15, 0.2) is 5.82 Å². The molecule has 1 saturated carbocycles. The maximum atomic E-state index is 4.33. The minimum atomic E-state index is 0.544. The molecule has 0 aromatic carbocycles. The van der Waals surface area contributed by atoms with Crippen molar-refractivity contribution in [3.63, 3.8) is 0 Å². The molecule has 1 aromatic rings. The average molecular weight is 219 g/mol. The number of nitrogens with one attached hydrogen (secondary N) is 2. The smallest absolute Gasteiger partial charge is 0.244 e. The Labute approximate surface area is 95.4 Å². The van der Waals surface area contributed by atoms with Crippen LogP contribution in [0.4, 0.5) is 11.8 Å². The first kappa shape index (κ1) is 10.9. The predicted molar refractivity (Wildman–Crippen MR) is 64.4 cm³/mol. The largest absolute Gasteiger partial charge is 0.366 e. The third kappa shape index (κ3) is 2.92. The summed E-state index contributed by atoms with van der Waals surface area (Å²) in [6, 6.07) is 0.545. The van der Waals surface area contributed by atoms with Crippen LogP contribution in [-0.4, -0.2) is 27.8 Å². The molecule has 86 valence electrons. The summed E-state index contributed by atoms with van der Waals surface area (Å²) in [5.74, 6) is 1.34. The first-order valence-corrected chi connectivity index (χ1v) is 5.69. The van der Waals surface area contributed by atoms with E-state index in [1.54, 1.807) is 12.3 Å². The molecule has 2 rings (SSSR count). The number of hydrogen-bond acceptors (Lipinski definition) is 5. The second-order valence-corrected chi connectivity index (χ2v) is 3.96. The molecule has 16 heavy (non-hydrogen) atoms. The first-order valence-electron chi connectivity index (χ1n) is 5.69. The highest BCUT2D eigenvalue weighted by atomic mass is 15.3. The Hall–Kier alpha value is -1.65. The van der Waals surface area contributed by atoms with Crippen LogP contribution in [0.2, 0.25) is 0 Å². The molecule has 0 radical (unpaired) electrons. The van der Waals surface area contributed by atoms with Gasteiger partial charge in [-0.15, -0.1) is 11.7 Å². The fraction of sp³-hybridized carbons (Fsp3) is 0.545. The molecule has 0 amide bonds. The van der Waals surface area contributed by atoms with Crippen LogP contribution in [0.3, 0.4) is 0 Å². The predicted octanol–water partition coefficient (Wildman–Crippen LogP) is 1.82. The van der Waals surface area contributed by atoms with Gasteiger partial charge in [0.2, 0.25) is 5.95 Å². The lowest BCUT2D eigenvalue weighted by atomic mass is 10.2. The number of anilines is 2. The molecular weight excluding hydrogens is 202 g/mol. The van der Waals surface area contributed by atoms with E-state index in [0.717, 1.165) is 5.82 Å². The maximum Gasteiger partial charge on any atom is 0.244 e. The molecule has 0 saturated heterocycles. The van der Waals surface area contributed by atoms with Crippen molar-refractivity contribution in [1.29, 1.82) is 0 Å². The van der Waals surface area contributed by atoms with E-state index in [-0.39, 0.29) is 0 Å². The van der Waals surface area contributed by atoms with Gasteiger partial charge in [-0.3, -0.25) is 0 Å². The zero-order chi connectivity index (χ0) is 11.2. The molecule has 2 N–H and O–H groups in total. The van der Waals surface area contributed by atoms with Crippen LogP contribution in [-0.2, 0) is 0 Å². The van der Waals surface area contributed by atoms with Crippen LogP contribution in [0.15, 0.2) is 18.9 Å². The lowest BCUT2D eigenvalue weighted by Crippen LogP contribution is -2.16. The Morgan fingerprint density at radius 3 is 3.00 bits per heavy atom. The average Bonchev–Trinajstić information content (AvgIpc) is 2.80. The van der Waals surface area contributed by atoms with Gasteiger partial charge in [-0.1, -0.05) is 18.9 Å². The van der Waals surface area contributed by atoms with Crippen molar-refractivity contribution in [2.75, 3.05) is 17.2 Å². The van der Waals surface area contributed by atoms with Crippen LogP contribution in [0, 0.1) is 0 Å². The van der Waals surface area contributed by atoms with Crippen LogP contribution in [0.25, 0.3) is 0 Å². The van der Waals surface area contributed by atoms with E-state index >= 15 is 0 Å². The lowest BCUT2D eigenvalue weighted by molar-refractivity contribution is 0.747. The quantitative estimate of drug-likeness (QED) is 0.740. The van der Waals surface area contributed by atoms with Gasteiger partial charge < -0.3 is 10.6 Å². The van der Waals surface area contributed by atoms with Gasteiger partial charge in [-0.2, -0.15) is 10.1 Å². The Balaban J connectivity index is 1.94. The normalized spacial score (nSPS) is 16.0. The summed E-state index contributed by atoms with van der Waals surface area (Å²) in [5, 5.41) is 14.2. The highest BCUT2D eigenvalue weighted by Crippen LogP contribution is 2.21. The molecule has 1 aliphatic carbocycles. The third-order valence-corrected chi connectivity index (χ3v) is 2.67. The van der Waals surface area contributed by atoms with Gasteiger partial charge in [0.05, 0.1) is 6.20 Å². The lowest BCUT2D eigenvalue weighted by Gasteiger charge is -2.12. The molecule has 0 spiro atoms. The third-order valence-electron chi connectivity index (χ3n) is 2.67. The van der Waals surface area contributed by atoms with Crippen molar-refractivity contribution in [3.05, 3.63) is 18.9 Å². The second-order valence-electron chi connectivity index (χ2n) is 3.96. The SMILES string of the molecule is C=CCNc1nncc(NC2CCCC2)n1. The number of nitrogens with zero attached hydrogens (tertiary/aromatic N) is 3. The molecule has 1 aromatic heterocycles. The van der Waals surface area contributed by atoms with Crippen LogP contribution in [0.1, 0.15) is 25.7 Å². The zero-order valence-electron chi connectivity index (χ0n) is 9.32. The Kier molecular flexibility index (Phi) is 3.69. The number of aromatic nitrogens is 3. The van der Waals surface area contributed by atoms with E-state index in [4.69, 9.17) is 0 Å². The first-order chi connectivity index (χ1) is 7.88. The summed E-state index contributed by atoms with van der Waals surface area (Å²) in [5.41, 5.74) is 0.